The lowest BCUT2D eigenvalue weighted by Crippen LogP contribution is -2.33. The lowest BCUT2D eigenvalue weighted by Gasteiger charge is -2.33. The molecule has 1 heterocycles. The molecule has 0 radical (unpaired) electrons. The van der Waals surface area contributed by atoms with E-state index >= 15 is 0 Å². The average molecular weight is 232 g/mol. The van der Waals surface area contributed by atoms with E-state index in [0.29, 0.717) is 12.0 Å². The number of hydrogen-bond acceptors (Lipinski definition) is 2. The highest BCUT2D eigenvalue weighted by atomic mass is 15.1. The van der Waals surface area contributed by atoms with Gasteiger partial charge in [-0.25, -0.2) is 0 Å². The van der Waals surface area contributed by atoms with E-state index in [1.165, 1.54) is 36.9 Å². The Hall–Kier alpha value is -0.860. The topological polar surface area (TPSA) is 29.3 Å². The van der Waals surface area contributed by atoms with E-state index in [9.17, 15) is 0 Å². The fourth-order valence-corrected chi connectivity index (χ4v) is 3.08. The predicted octanol–water partition coefficient (Wildman–Crippen LogP) is 2.73. The fourth-order valence-electron chi connectivity index (χ4n) is 3.08. The molecule has 1 aromatic rings. The molecule has 2 nitrogen and oxygen atoms in total. The molecule has 2 N–H and O–H groups in total. The van der Waals surface area contributed by atoms with Gasteiger partial charge in [-0.3, -0.25) is 4.90 Å². The number of nitrogens with two attached hydrogens (primary N) is 1. The zero-order chi connectivity index (χ0) is 12.3. The van der Waals surface area contributed by atoms with Gasteiger partial charge in [0.05, 0.1) is 0 Å². The van der Waals surface area contributed by atoms with Crippen molar-refractivity contribution in [3.63, 3.8) is 0 Å². The maximum atomic E-state index is 5.99. The van der Waals surface area contributed by atoms with E-state index in [4.69, 9.17) is 5.73 Å². The smallest absolute Gasteiger partial charge is 0.0387 e. The molecule has 2 rings (SSSR count). The van der Waals surface area contributed by atoms with E-state index in [1.807, 2.05) is 0 Å². The molecule has 2 atom stereocenters. The van der Waals surface area contributed by atoms with E-state index in [2.05, 4.69) is 43.1 Å². The molecular formula is C15H24N2. The van der Waals surface area contributed by atoms with Gasteiger partial charge in [0.25, 0.3) is 0 Å². The summed E-state index contributed by atoms with van der Waals surface area (Å²) in [5.41, 5.74) is 8.84. The van der Waals surface area contributed by atoms with Crippen LogP contribution in [0.3, 0.4) is 0 Å². The van der Waals surface area contributed by atoms with Crippen molar-refractivity contribution in [2.24, 2.45) is 11.7 Å². The molecule has 94 valence electrons. The van der Waals surface area contributed by atoms with Crippen LogP contribution in [0.15, 0.2) is 24.3 Å². The van der Waals surface area contributed by atoms with Gasteiger partial charge in [-0.2, -0.15) is 0 Å². The minimum Gasteiger partial charge on any atom is -0.330 e. The van der Waals surface area contributed by atoms with Crippen LogP contribution in [0.25, 0.3) is 0 Å². The summed E-state index contributed by atoms with van der Waals surface area (Å²) in [5, 5.41) is 0. The maximum absolute atomic E-state index is 5.99. The molecule has 17 heavy (non-hydrogen) atoms. The predicted molar refractivity (Wildman–Crippen MR) is 72.9 cm³/mol. The maximum Gasteiger partial charge on any atom is 0.0387 e. The number of rotatable bonds is 2. The Labute approximate surface area is 105 Å². The Bertz CT molecular complexity index is 362. The van der Waals surface area contributed by atoms with Crippen LogP contribution < -0.4 is 5.73 Å². The van der Waals surface area contributed by atoms with Crippen LogP contribution in [0.4, 0.5) is 0 Å². The largest absolute Gasteiger partial charge is 0.330 e. The molecule has 2 heteroatoms. The third-order valence-corrected chi connectivity index (χ3v) is 4.07. The van der Waals surface area contributed by atoms with Crippen LogP contribution in [-0.4, -0.2) is 25.0 Å². The van der Waals surface area contributed by atoms with Gasteiger partial charge in [0.1, 0.15) is 0 Å². The number of hydrogen-bond donors (Lipinski definition) is 1. The summed E-state index contributed by atoms with van der Waals surface area (Å²) in [6.45, 7) is 4.19. The van der Waals surface area contributed by atoms with Gasteiger partial charge < -0.3 is 5.73 Å². The SMILES string of the molecule is Cc1ccccc1C1C(CN)CCCCN1C. The summed E-state index contributed by atoms with van der Waals surface area (Å²) >= 11 is 0. The Balaban J connectivity index is 2.34. The first kappa shape index (κ1) is 12.6. The minimum absolute atomic E-state index is 0.503. The van der Waals surface area contributed by atoms with Crippen molar-refractivity contribution in [2.45, 2.75) is 32.2 Å². The highest BCUT2D eigenvalue weighted by Crippen LogP contribution is 2.34. The molecule has 0 bridgehead atoms. The summed E-state index contributed by atoms with van der Waals surface area (Å²) in [7, 11) is 2.24. The zero-order valence-electron chi connectivity index (χ0n) is 11.0. The summed E-state index contributed by atoms with van der Waals surface area (Å²) < 4.78 is 0. The Morgan fingerprint density at radius 1 is 1.29 bits per heavy atom. The van der Waals surface area contributed by atoms with Crippen molar-refractivity contribution >= 4 is 0 Å². The normalized spacial score (nSPS) is 26.8. The van der Waals surface area contributed by atoms with E-state index in [-0.39, 0.29) is 0 Å². The lowest BCUT2D eigenvalue weighted by molar-refractivity contribution is 0.195. The first-order chi connectivity index (χ1) is 8.24. The van der Waals surface area contributed by atoms with Gasteiger partial charge in [0, 0.05) is 6.04 Å². The molecule has 0 amide bonds. The van der Waals surface area contributed by atoms with E-state index in [0.717, 1.165) is 6.54 Å². The molecule has 1 saturated heterocycles. The Kier molecular flexibility index (Phi) is 4.19. The van der Waals surface area contributed by atoms with Gasteiger partial charge in [-0.15, -0.1) is 0 Å². The summed E-state index contributed by atoms with van der Waals surface area (Å²) in [4.78, 5) is 2.49. The second kappa shape index (κ2) is 5.65. The highest BCUT2D eigenvalue weighted by molar-refractivity contribution is 5.29. The van der Waals surface area contributed by atoms with Gasteiger partial charge in [-0.05, 0) is 56.9 Å². The highest BCUT2D eigenvalue weighted by Gasteiger charge is 2.28. The summed E-state index contributed by atoms with van der Waals surface area (Å²) in [6, 6.07) is 9.25. The van der Waals surface area contributed by atoms with E-state index < -0.39 is 0 Å². The quantitative estimate of drug-likeness (QED) is 0.849. The summed E-state index contributed by atoms with van der Waals surface area (Å²) in [6.07, 6.45) is 3.88. The van der Waals surface area contributed by atoms with Gasteiger partial charge in [-0.1, -0.05) is 30.7 Å². The third kappa shape index (κ3) is 2.70. The first-order valence-electron chi connectivity index (χ1n) is 6.70. The van der Waals surface area contributed by atoms with Gasteiger partial charge >= 0.3 is 0 Å². The van der Waals surface area contributed by atoms with Crippen LogP contribution in [-0.2, 0) is 0 Å². The van der Waals surface area contributed by atoms with Gasteiger partial charge in [0.2, 0.25) is 0 Å². The molecule has 0 saturated carbocycles. The van der Waals surface area contributed by atoms with Crippen LogP contribution in [0.1, 0.15) is 36.4 Å². The average Bonchev–Trinajstić information content (AvgIpc) is 2.52. The molecule has 1 fully saturated rings. The molecule has 0 spiro atoms. The number of nitrogens with zero attached hydrogens (tertiary/aromatic N) is 1. The molecule has 1 aliphatic rings. The minimum atomic E-state index is 0.503. The van der Waals surface area contributed by atoms with Crippen LogP contribution in [0.5, 0.6) is 0 Å². The summed E-state index contributed by atoms with van der Waals surface area (Å²) in [5.74, 6) is 0.601. The van der Waals surface area contributed by atoms with Crippen molar-refractivity contribution in [1.82, 2.24) is 4.90 Å². The van der Waals surface area contributed by atoms with Crippen molar-refractivity contribution in [3.05, 3.63) is 35.4 Å². The number of aryl methyl sites for hydroxylation is 1. The third-order valence-electron chi connectivity index (χ3n) is 4.07. The molecule has 0 aliphatic carbocycles. The first-order valence-corrected chi connectivity index (χ1v) is 6.70. The van der Waals surface area contributed by atoms with E-state index in [1.54, 1.807) is 0 Å². The second-order valence-corrected chi connectivity index (χ2v) is 5.27. The zero-order valence-corrected chi connectivity index (χ0v) is 11.0. The van der Waals surface area contributed by atoms with Crippen molar-refractivity contribution in [1.29, 1.82) is 0 Å². The molecule has 1 aliphatic heterocycles. The second-order valence-electron chi connectivity index (χ2n) is 5.27. The molecule has 2 unspecified atom stereocenters. The van der Waals surface area contributed by atoms with Crippen molar-refractivity contribution in [2.75, 3.05) is 20.1 Å². The Morgan fingerprint density at radius 2 is 2.06 bits per heavy atom. The van der Waals surface area contributed by atoms with Gasteiger partial charge in [0.15, 0.2) is 0 Å². The van der Waals surface area contributed by atoms with Crippen LogP contribution in [0.2, 0.25) is 0 Å². The number of benzene rings is 1. The molecule has 1 aromatic carbocycles. The van der Waals surface area contributed by atoms with Crippen molar-refractivity contribution < 1.29 is 0 Å². The fraction of sp³-hybridized carbons (Fsp3) is 0.600. The van der Waals surface area contributed by atoms with Crippen LogP contribution in [0, 0.1) is 12.8 Å². The Morgan fingerprint density at radius 3 is 2.76 bits per heavy atom. The lowest BCUT2D eigenvalue weighted by atomic mass is 9.87. The molecular weight excluding hydrogens is 208 g/mol. The monoisotopic (exact) mass is 232 g/mol. The molecule has 0 aromatic heterocycles. The number of likely N-dealkylation sites (tertiary alicyclic amines) is 1. The van der Waals surface area contributed by atoms with Crippen molar-refractivity contribution in [3.8, 4) is 0 Å². The standard InChI is InChI=1S/C15H24N2/c1-12-7-3-4-9-14(12)15-13(11-16)8-5-6-10-17(15)2/h3-4,7,9,13,15H,5-6,8,10-11,16H2,1-2H3. The van der Waals surface area contributed by atoms with Crippen LogP contribution >= 0.6 is 0 Å².